The fraction of sp³-hybridized carbons (Fsp3) is 0.294. The molecule has 0 saturated heterocycles. The van der Waals surface area contributed by atoms with Crippen LogP contribution in [0.25, 0.3) is 6.08 Å². The number of nitrogens with zero attached hydrogens (tertiary/aromatic N) is 2. The lowest BCUT2D eigenvalue weighted by Gasteiger charge is -2.05. The van der Waals surface area contributed by atoms with Crippen molar-refractivity contribution < 1.29 is 9.53 Å². The average molecular weight is 284 g/mol. The SMILES string of the molecule is COC(=O)C=Cc1c(C)nn(Cc2ccc(C)cc2)c1C. The summed E-state index contributed by atoms with van der Waals surface area (Å²) in [5, 5.41) is 4.54. The van der Waals surface area contributed by atoms with Crippen molar-refractivity contribution in [2.75, 3.05) is 7.11 Å². The molecule has 21 heavy (non-hydrogen) atoms. The van der Waals surface area contributed by atoms with Gasteiger partial charge in [0.1, 0.15) is 0 Å². The van der Waals surface area contributed by atoms with Gasteiger partial charge in [0.25, 0.3) is 0 Å². The second kappa shape index (κ2) is 6.39. The number of carbonyl (C=O) groups is 1. The molecule has 0 fully saturated rings. The number of hydrogen-bond acceptors (Lipinski definition) is 3. The van der Waals surface area contributed by atoms with E-state index in [9.17, 15) is 4.79 Å². The highest BCUT2D eigenvalue weighted by Crippen LogP contribution is 2.16. The van der Waals surface area contributed by atoms with Crippen molar-refractivity contribution in [2.24, 2.45) is 0 Å². The third-order valence-corrected chi connectivity index (χ3v) is 3.48. The maximum Gasteiger partial charge on any atom is 0.330 e. The molecule has 1 aromatic heterocycles. The zero-order chi connectivity index (χ0) is 15.4. The van der Waals surface area contributed by atoms with Crippen LogP contribution in [0.3, 0.4) is 0 Å². The second-order valence-electron chi connectivity index (χ2n) is 5.08. The number of benzene rings is 1. The highest BCUT2D eigenvalue weighted by molar-refractivity contribution is 5.87. The van der Waals surface area contributed by atoms with Gasteiger partial charge in [-0.15, -0.1) is 0 Å². The normalized spacial score (nSPS) is 11.0. The number of aromatic nitrogens is 2. The van der Waals surface area contributed by atoms with E-state index in [1.165, 1.54) is 24.3 Å². The summed E-state index contributed by atoms with van der Waals surface area (Å²) in [5.41, 5.74) is 5.35. The number of carbonyl (C=O) groups excluding carboxylic acids is 1. The highest BCUT2D eigenvalue weighted by atomic mass is 16.5. The van der Waals surface area contributed by atoms with Gasteiger partial charge in [0.15, 0.2) is 0 Å². The van der Waals surface area contributed by atoms with Gasteiger partial charge >= 0.3 is 5.97 Å². The van der Waals surface area contributed by atoms with E-state index in [2.05, 4.69) is 41.0 Å². The first-order valence-corrected chi connectivity index (χ1v) is 6.87. The summed E-state index contributed by atoms with van der Waals surface area (Å²) in [7, 11) is 1.37. The average Bonchev–Trinajstić information content (AvgIpc) is 2.73. The number of methoxy groups -OCH3 is 1. The molecular formula is C17H20N2O2. The Morgan fingerprint density at radius 2 is 1.90 bits per heavy atom. The summed E-state index contributed by atoms with van der Waals surface area (Å²) in [6, 6.07) is 8.41. The molecule has 0 saturated carbocycles. The second-order valence-corrected chi connectivity index (χ2v) is 5.08. The number of esters is 1. The molecule has 0 aliphatic carbocycles. The molecule has 0 radical (unpaired) electrons. The molecule has 1 heterocycles. The fourth-order valence-electron chi connectivity index (χ4n) is 2.19. The summed E-state index contributed by atoms with van der Waals surface area (Å²) in [5.74, 6) is -0.361. The maximum absolute atomic E-state index is 11.2. The predicted octanol–water partition coefficient (Wildman–Crippen LogP) is 3.04. The van der Waals surface area contributed by atoms with Crippen LogP contribution in [0.2, 0.25) is 0 Å². The Balaban J connectivity index is 2.24. The van der Waals surface area contributed by atoms with Crippen LogP contribution in [-0.4, -0.2) is 22.9 Å². The number of aryl methyl sites for hydroxylation is 2. The van der Waals surface area contributed by atoms with E-state index in [1.54, 1.807) is 6.08 Å². The van der Waals surface area contributed by atoms with Crippen molar-refractivity contribution in [3.05, 3.63) is 58.4 Å². The molecule has 4 heteroatoms. The Labute approximate surface area is 125 Å². The molecule has 110 valence electrons. The van der Waals surface area contributed by atoms with Crippen molar-refractivity contribution >= 4 is 12.0 Å². The summed E-state index contributed by atoms with van der Waals surface area (Å²) in [6.45, 7) is 6.74. The van der Waals surface area contributed by atoms with Crippen LogP contribution in [0.5, 0.6) is 0 Å². The Kier molecular flexibility index (Phi) is 4.58. The monoisotopic (exact) mass is 284 g/mol. The zero-order valence-electron chi connectivity index (χ0n) is 12.9. The molecule has 0 aliphatic heterocycles. The van der Waals surface area contributed by atoms with Crippen LogP contribution in [-0.2, 0) is 16.1 Å². The van der Waals surface area contributed by atoms with Crippen molar-refractivity contribution in [1.29, 1.82) is 0 Å². The molecule has 0 unspecified atom stereocenters. The molecule has 0 spiro atoms. The lowest BCUT2D eigenvalue weighted by molar-refractivity contribution is -0.134. The summed E-state index contributed by atoms with van der Waals surface area (Å²) >= 11 is 0. The van der Waals surface area contributed by atoms with Gasteiger partial charge < -0.3 is 4.74 Å². The quantitative estimate of drug-likeness (QED) is 0.640. The van der Waals surface area contributed by atoms with Crippen LogP contribution in [0, 0.1) is 20.8 Å². The largest absolute Gasteiger partial charge is 0.466 e. The molecule has 2 aromatic rings. The third-order valence-electron chi connectivity index (χ3n) is 3.48. The Morgan fingerprint density at radius 3 is 2.52 bits per heavy atom. The van der Waals surface area contributed by atoms with Crippen molar-refractivity contribution in [3.63, 3.8) is 0 Å². The molecule has 0 bridgehead atoms. The molecule has 0 N–H and O–H groups in total. The van der Waals surface area contributed by atoms with Gasteiger partial charge in [-0.05, 0) is 32.4 Å². The van der Waals surface area contributed by atoms with Crippen LogP contribution < -0.4 is 0 Å². The first-order chi connectivity index (χ1) is 10.0. The van der Waals surface area contributed by atoms with E-state index in [1.807, 2.05) is 18.5 Å². The summed E-state index contributed by atoms with van der Waals surface area (Å²) in [6.07, 6.45) is 3.18. The third kappa shape index (κ3) is 3.60. The first kappa shape index (κ1) is 15.0. The molecule has 0 atom stereocenters. The van der Waals surface area contributed by atoms with Gasteiger partial charge in [0.05, 0.1) is 19.3 Å². The predicted molar refractivity (Wildman–Crippen MR) is 83.0 cm³/mol. The number of hydrogen-bond donors (Lipinski definition) is 0. The number of rotatable bonds is 4. The lowest BCUT2D eigenvalue weighted by Crippen LogP contribution is -2.04. The van der Waals surface area contributed by atoms with E-state index in [4.69, 9.17) is 0 Å². The minimum absolute atomic E-state index is 0.361. The molecule has 2 rings (SSSR count). The van der Waals surface area contributed by atoms with Gasteiger partial charge in [-0.25, -0.2) is 4.79 Å². The highest BCUT2D eigenvalue weighted by Gasteiger charge is 2.09. The number of ether oxygens (including phenoxy) is 1. The van der Waals surface area contributed by atoms with Gasteiger partial charge in [0, 0.05) is 17.3 Å². The van der Waals surface area contributed by atoms with E-state index < -0.39 is 0 Å². The van der Waals surface area contributed by atoms with Crippen LogP contribution in [0.1, 0.15) is 28.1 Å². The fourth-order valence-corrected chi connectivity index (χ4v) is 2.19. The Bertz CT molecular complexity index is 667. The molecule has 0 amide bonds. The topological polar surface area (TPSA) is 44.1 Å². The summed E-state index contributed by atoms with van der Waals surface area (Å²) < 4.78 is 6.57. The van der Waals surface area contributed by atoms with E-state index in [0.29, 0.717) is 0 Å². The van der Waals surface area contributed by atoms with Gasteiger partial charge in [0.2, 0.25) is 0 Å². The van der Waals surface area contributed by atoms with Crippen LogP contribution >= 0.6 is 0 Å². The zero-order valence-corrected chi connectivity index (χ0v) is 12.9. The molecule has 4 nitrogen and oxygen atoms in total. The molecule has 0 aliphatic rings. The van der Waals surface area contributed by atoms with Gasteiger partial charge in [-0.1, -0.05) is 29.8 Å². The van der Waals surface area contributed by atoms with Gasteiger partial charge in [-0.3, -0.25) is 4.68 Å². The van der Waals surface area contributed by atoms with Crippen molar-refractivity contribution in [1.82, 2.24) is 9.78 Å². The molecular weight excluding hydrogens is 264 g/mol. The van der Waals surface area contributed by atoms with Crippen LogP contribution in [0.4, 0.5) is 0 Å². The smallest absolute Gasteiger partial charge is 0.330 e. The van der Waals surface area contributed by atoms with E-state index in [0.717, 1.165) is 23.5 Å². The Morgan fingerprint density at radius 1 is 1.24 bits per heavy atom. The van der Waals surface area contributed by atoms with Gasteiger partial charge in [-0.2, -0.15) is 5.10 Å². The van der Waals surface area contributed by atoms with Crippen molar-refractivity contribution in [3.8, 4) is 0 Å². The van der Waals surface area contributed by atoms with Crippen LogP contribution in [0.15, 0.2) is 30.3 Å². The van der Waals surface area contributed by atoms with Crippen molar-refractivity contribution in [2.45, 2.75) is 27.3 Å². The minimum atomic E-state index is -0.361. The standard InChI is InChI=1S/C17H20N2O2/c1-12-5-7-15(8-6-12)11-19-14(3)16(13(2)18-19)9-10-17(20)21-4/h5-10H,11H2,1-4H3. The summed E-state index contributed by atoms with van der Waals surface area (Å²) in [4.78, 5) is 11.2. The maximum atomic E-state index is 11.2. The minimum Gasteiger partial charge on any atom is -0.466 e. The first-order valence-electron chi connectivity index (χ1n) is 6.87. The Hall–Kier alpha value is -2.36. The lowest BCUT2D eigenvalue weighted by atomic mass is 10.1. The van der Waals surface area contributed by atoms with E-state index >= 15 is 0 Å². The van der Waals surface area contributed by atoms with E-state index in [-0.39, 0.29) is 5.97 Å². The molecule has 1 aromatic carbocycles.